The highest BCUT2D eigenvalue weighted by molar-refractivity contribution is 5.81. The molecule has 0 saturated carbocycles. The SMILES string of the molecule is C/C(=C\c1cc(N=O)cnc1C)c1ccc(F)nc1F. The van der Waals surface area contributed by atoms with Crippen LogP contribution in [0.2, 0.25) is 0 Å². The van der Waals surface area contributed by atoms with Gasteiger partial charge in [-0.05, 0) is 54.4 Å². The van der Waals surface area contributed by atoms with Crippen LogP contribution in [0, 0.1) is 23.7 Å². The van der Waals surface area contributed by atoms with Crippen LogP contribution < -0.4 is 0 Å². The van der Waals surface area contributed by atoms with Crippen molar-refractivity contribution < 1.29 is 8.78 Å². The van der Waals surface area contributed by atoms with E-state index >= 15 is 0 Å². The predicted octanol–water partition coefficient (Wildman–Crippen LogP) is 4.02. The van der Waals surface area contributed by atoms with Crippen molar-refractivity contribution in [1.82, 2.24) is 9.97 Å². The Morgan fingerprint density at radius 3 is 2.75 bits per heavy atom. The first-order valence-corrected chi connectivity index (χ1v) is 5.82. The second-order valence-electron chi connectivity index (χ2n) is 4.26. The smallest absolute Gasteiger partial charge is 0.223 e. The summed E-state index contributed by atoms with van der Waals surface area (Å²) in [4.78, 5) is 17.7. The van der Waals surface area contributed by atoms with Gasteiger partial charge in [0.05, 0.1) is 6.20 Å². The molecular weight excluding hydrogens is 264 g/mol. The highest BCUT2D eigenvalue weighted by Crippen LogP contribution is 2.23. The van der Waals surface area contributed by atoms with E-state index in [1.165, 1.54) is 12.3 Å². The summed E-state index contributed by atoms with van der Waals surface area (Å²) in [5.41, 5.74) is 2.24. The minimum absolute atomic E-state index is 0.187. The van der Waals surface area contributed by atoms with E-state index in [0.29, 0.717) is 16.8 Å². The monoisotopic (exact) mass is 275 g/mol. The molecule has 0 unspecified atom stereocenters. The van der Waals surface area contributed by atoms with E-state index in [1.54, 1.807) is 26.0 Å². The van der Waals surface area contributed by atoms with E-state index in [0.717, 1.165) is 6.07 Å². The summed E-state index contributed by atoms with van der Waals surface area (Å²) < 4.78 is 26.3. The fourth-order valence-electron chi connectivity index (χ4n) is 1.75. The molecule has 2 aromatic heterocycles. The number of hydrogen-bond acceptors (Lipinski definition) is 4. The van der Waals surface area contributed by atoms with E-state index < -0.39 is 11.9 Å². The van der Waals surface area contributed by atoms with Gasteiger partial charge in [0.1, 0.15) is 5.69 Å². The van der Waals surface area contributed by atoms with Gasteiger partial charge in [-0.25, -0.2) is 0 Å². The molecule has 0 fully saturated rings. The van der Waals surface area contributed by atoms with Crippen molar-refractivity contribution in [2.45, 2.75) is 13.8 Å². The van der Waals surface area contributed by atoms with Crippen LogP contribution in [-0.4, -0.2) is 9.97 Å². The molecule has 0 N–H and O–H groups in total. The lowest BCUT2D eigenvalue weighted by molar-refractivity contribution is 0.510. The number of halogens is 2. The third-order valence-corrected chi connectivity index (χ3v) is 2.83. The Balaban J connectivity index is 2.46. The molecule has 20 heavy (non-hydrogen) atoms. The van der Waals surface area contributed by atoms with Gasteiger partial charge in [-0.2, -0.15) is 13.8 Å². The molecule has 0 aromatic carbocycles. The van der Waals surface area contributed by atoms with E-state index in [-0.39, 0.29) is 11.3 Å². The minimum Gasteiger partial charge on any atom is -0.259 e. The summed E-state index contributed by atoms with van der Waals surface area (Å²) in [6, 6.07) is 3.95. The van der Waals surface area contributed by atoms with Crippen LogP contribution in [-0.2, 0) is 0 Å². The molecule has 2 rings (SSSR count). The summed E-state index contributed by atoms with van der Waals surface area (Å²) in [6.07, 6.45) is 3.00. The van der Waals surface area contributed by atoms with Crippen LogP contribution in [0.4, 0.5) is 14.5 Å². The Morgan fingerprint density at radius 1 is 1.35 bits per heavy atom. The average molecular weight is 275 g/mol. The molecule has 0 aliphatic heterocycles. The van der Waals surface area contributed by atoms with Gasteiger partial charge in [-0.15, -0.1) is 4.91 Å². The molecule has 0 amide bonds. The Labute approximate surface area is 114 Å². The summed E-state index contributed by atoms with van der Waals surface area (Å²) in [7, 11) is 0. The summed E-state index contributed by atoms with van der Waals surface area (Å²) >= 11 is 0. The van der Waals surface area contributed by atoms with E-state index in [2.05, 4.69) is 15.1 Å². The normalized spacial score (nSPS) is 11.5. The second-order valence-corrected chi connectivity index (χ2v) is 4.26. The Kier molecular flexibility index (Phi) is 3.93. The van der Waals surface area contributed by atoms with Gasteiger partial charge >= 0.3 is 0 Å². The van der Waals surface area contributed by atoms with Gasteiger partial charge in [0.25, 0.3) is 0 Å². The van der Waals surface area contributed by atoms with Crippen molar-refractivity contribution in [3.8, 4) is 0 Å². The van der Waals surface area contributed by atoms with Crippen molar-refractivity contribution in [3.05, 3.63) is 58.0 Å². The molecule has 0 aliphatic rings. The highest BCUT2D eigenvalue weighted by atomic mass is 19.1. The maximum Gasteiger partial charge on any atom is 0.223 e. The van der Waals surface area contributed by atoms with Crippen LogP contribution in [0.5, 0.6) is 0 Å². The molecule has 102 valence electrons. The first-order valence-electron chi connectivity index (χ1n) is 5.82. The average Bonchev–Trinajstić information content (AvgIpc) is 2.41. The van der Waals surface area contributed by atoms with Crippen LogP contribution in [0.15, 0.2) is 29.6 Å². The summed E-state index contributed by atoms with van der Waals surface area (Å²) in [5.74, 6) is -1.75. The van der Waals surface area contributed by atoms with Crippen molar-refractivity contribution in [2.75, 3.05) is 0 Å². The van der Waals surface area contributed by atoms with Crippen LogP contribution in [0.1, 0.15) is 23.7 Å². The fraction of sp³-hybridized carbons (Fsp3) is 0.143. The summed E-state index contributed by atoms with van der Waals surface area (Å²) in [6.45, 7) is 3.42. The Hall–Kier alpha value is -2.50. The first-order chi connectivity index (χ1) is 9.51. The molecule has 2 heterocycles. The van der Waals surface area contributed by atoms with Gasteiger partial charge < -0.3 is 0 Å². The number of aromatic nitrogens is 2. The molecule has 6 heteroatoms. The van der Waals surface area contributed by atoms with Crippen molar-refractivity contribution in [1.29, 1.82) is 0 Å². The summed E-state index contributed by atoms with van der Waals surface area (Å²) in [5, 5.41) is 2.80. The number of allylic oxidation sites excluding steroid dienone is 1. The lowest BCUT2D eigenvalue weighted by Crippen LogP contribution is -1.94. The lowest BCUT2D eigenvalue weighted by atomic mass is 10.0. The predicted molar refractivity (Wildman–Crippen MR) is 72.1 cm³/mol. The Morgan fingerprint density at radius 2 is 2.10 bits per heavy atom. The maximum atomic E-state index is 13.6. The van der Waals surface area contributed by atoms with Gasteiger partial charge in [0.2, 0.25) is 11.9 Å². The van der Waals surface area contributed by atoms with E-state index in [4.69, 9.17) is 0 Å². The first kappa shape index (κ1) is 13.9. The molecule has 0 bridgehead atoms. The maximum absolute atomic E-state index is 13.6. The third kappa shape index (κ3) is 2.90. The van der Waals surface area contributed by atoms with Gasteiger partial charge in [-0.1, -0.05) is 0 Å². The molecule has 2 aromatic rings. The number of pyridine rings is 2. The largest absolute Gasteiger partial charge is 0.259 e. The van der Waals surface area contributed by atoms with Crippen LogP contribution in [0.3, 0.4) is 0 Å². The zero-order valence-corrected chi connectivity index (χ0v) is 10.9. The number of aryl methyl sites for hydroxylation is 1. The topological polar surface area (TPSA) is 55.2 Å². The standard InChI is InChI=1S/C14H11F2N3O/c1-8(12-3-4-13(15)18-14(12)16)5-10-6-11(19-20)7-17-9(10)2/h3-7H,1-2H3/b8-5+. The molecule has 4 nitrogen and oxygen atoms in total. The van der Waals surface area contributed by atoms with Crippen molar-refractivity contribution in [3.63, 3.8) is 0 Å². The van der Waals surface area contributed by atoms with Gasteiger partial charge in [0.15, 0.2) is 0 Å². The molecule has 0 atom stereocenters. The lowest BCUT2D eigenvalue weighted by Gasteiger charge is -2.05. The molecule has 0 aliphatic carbocycles. The van der Waals surface area contributed by atoms with Gasteiger partial charge in [0, 0.05) is 11.3 Å². The number of rotatable bonds is 3. The van der Waals surface area contributed by atoms with Crippen LogP contribution >= 0.6 is 0 Å². The fourth-order valence-corrected chi connectivity index (χ4v) is 1.75. The second kappa shape index (κ2) is 5.64. The molecule has 0 saturated heterocycles. The molecular formula is C14H11F2N3O. The zero-order chi connectivity index (χ0) is 14.7. The zero-order valence-electron chi connectivity index (χ0n) is 10.9. The number of nitroso groups, excluding NO2 is 1. The van der Waals surface area contributed by atoms with E-state index in [1.807, 2.05) is 0 Å². The van der Waals surface area contributed by atoms with Crippen molar-refractivity contribution >= 4 is 17.3 Å². The van der Waals surface area contributed by atoms with Crippen LogP contribution in [0.25, 0.3) is 11.6 Å². The highest BCUT2D eigenvalue weighted by Gasteiger charge is 2.08. The number of hydrogen-bond donors (Lipinski definition) is 0. The van der Waals surface area contributed by atoms with E-state index in [9.17, 15) is 13.7 Å². The quantitative estimate of drug-likeness (QED) is 0.628. The van der Waals surface area contributed by atoms with Gasteiger partial charge in [-0.3, -0.25) is 4.98 Å². The molecule has 0 spiro atoms. The minimum atomic E-state index is -0.881. The third-order valence-electron chi connectivity index (χ3n) is 2.83. The Bertz CT molecular complexity index is 699. The van der Waals surface area contributed by atoms with Crippen molar-refractivity contribution in [2.24, 2.45) is 5.18 Å². The number of nitrogens with zero attached hydrogens (tertiary/aromatic N) is 3. The molecule has 0 radical (unpaired) electrons.